The number of aromatic nitrogens is 1. The van der Waals surface area contributed by atoms with Gasteiger partial charge in [0.25, 0.3) is 5.91 Å². The molecule has 2 aliphatic carbocycles. The van der Waals surface area contributed by atoms with Gasteiger partial charge >= 0.3 is 0 Å². The molecule has 0 unspecified atom stereocenters. The molecule has 59 heavy (non-hydrogen) atoms. The van der Waals surface area contributed by atoms with Gasteiger partial charge in [0.1, 0.15) is 35.2 Å². The first kappa shape index (κ1) is 40.3. The minimum Gasteiger partial charge on any atom is -0.497 e. The molecule has 2 aromatic carbocycles. The number of sulfonamides is 1. The van der Waals surface area contributed by atoms with Gasteiger partial charge in [0.15, 0.2) is 0 Å². The number of methoxy groups -OCH3 is 1. The number of rotatable bonds is 9. The van der Waals surface area contributed by atoms with Crippen molar-refractivity contribution in [2.75, 3.05) is 26.7 Å². The van der Waals surface area contributed by atoms with E-state index in [2.05, 4.69) is 15.4 Å². The highest BCUT2D eigenvalue weighted by atomic mass is 32.2. The van der Waals surface area contributed by atoms with Crippen LogP contribution < -0.4 is 24.8 Å². The highest BCUT2D eigenvalue weighted by Gasteiger charge is 2.62. The maximum absolute atomic E-state index is 14.8. The Kier molecular flexibility index (Phi) is 11.3. The summed E-state index contributed by atoms with van der Waals surface area (Å²) in [6, 6.07) is 14.3. The van der Waals surface area contributed by atoms with Gasteiger partial charge in [0.05, 0.1) is 36.5 Å². The number of piperidine rings is 1. The number of benzene rings is 2. The van der Waals surface area contributed by atoms with Crippen LogP contribution in [0.4, 0.5) is 0 Å². The van der Waals surface area contributed by atoms with E-state index in [1.165, 1.54) is 4.90 Å². The second-order valence-corrected chi connectivity index (χ2v) is 18.2. The average molecular weight is 827 g/mol. The third kappa shape index (κ3) is 8.77. The topological polar surface area (TPSA) is 193 Å². The number of nitrogens with one attached hydrogen (secondary N) is 3. The van der Waals surface area contributed by atoms with Crippen LogP contribution in [0, 0.1) is 5.92 Å². The predicted molar refractivity (Wildman–Crippen MR) is 217 cm³/mol. The summed E-state index contributed by atoms with van der Waals surface area (Å²) in [5, 5.41) is 5.71. The Morgan fingerprint density at radius 1 is 1.00 bits per heavy atom. The number of carbonyl (C=O) groups excluding carboxylic acids is 5. The molecule has 312 valence electrons. The summed E-state index contributed by atoms with van der Waals surface area (Å²) in [5.74, 6) is -2.25. The maximum Gasteiger partial charge on any atom is 0.259 e. The first-order valence-corrected chi connectivity index (χ1v) is 22.1. The molecule has 0 spiro atoms. The van der Waals surface area contributed by atoms with Crippen molar-refractivity contribution in [1.82, 2.24) is 30.1 Å². The van der Waals surface area contributed by atoms with Gasteiger partial charge in [-0.25, -0.2) is 13.4 Å². The van der Waals surface area contributed by atoms with Crippen LogP contribution in [0.2, 0.25) is 0 Å². The second-order valence-electron chi connectivity index (χ2n) is 16.3. The Morgan fingerprint density at radius 2 is 1.78 bits per heavy atom. The van der Waals surface area contributed by atoms with E-state index in [9.17, 15) is 32.4 Å². The summed E-state index contributed by atoms with van der Waals surface area (Å²) in [6.45, 7) is 1.03. The minimum absolute atomic E-state index is 0.00245. The van der Waals surface area contributed by atoms with Gasteiger partial charge < -0.3 is 29.9 Å². The molecule has 5 aliphatic rings. The van der Waals surface area contributed by atoms with Gasteiger partial charge in [0.2, 0.25) is 33.7 Å². The van der Waals surface area contributed by atoms with E-state index in [4.69, 9.17) is 14.5 Å². The third-order valence-corrected chi connectivity index (χ3v) is 13.8. The van der Waals surface area contributed by atoms with E-state index in [1.807, 2.05) is 48.5 Å². The van der Waals surface area contributed by atoms with Crippen LogP contribution in [0.25, 0.3) is 22.2 Å². The fourth-order valence-electron chi connectivity index (χ4n) is 8.43. The quantitative estimate of drug-likeness (QED) is 0.270. The summed E-state index contributed by atoms with van der Waals surface area (Å²) in [4.78, 5) is 78.1. The molecule has 3 aromatic rings. The molecular weight excluding hydrogens is 777 g/mol. The molecule has 0 bridgehead atoms. The van der Waals surface area contributed by atoms with Crippen LogP contribution in [0.3, 0.4) is 0 Å². The van der Waals surface area contributed by atoms with E-state index >= 15 is 0 Å². The number of pyridine rings is 1. The summed E-state index contributed by atoms with van der Waals surface area (Å²) in [7, 11) is -2.37. The van der Waals surface area contributed by atoms with Crippen molar-refractivity contribution >= 4 is 50.5 Å². The summed E-state index contributed by atoms with van der Waals surface area (Å²) in [5.41, 5.74) is 0.506. The molecule has 4 heterocycles. The molecule has 16 heteroatoms. The number of hydrogen-bond donors (Lipinski definition) is 3. The molecule has 0 radical (unpaired) electrons. The predicted octanol–water partition coefficient (Wildman–Crippen LogP) is 3.37. The Labute approximate surface area is 343 Å². The molecule has 5 amide bonds. The molecular formula is C43H50N6O9S. The number of ether oxygens (including phenoxy) is 2. The van der Waals surface area contributed by atoms with Crippen LogP contribution in [-0.2, 0) is 34.0 Å². The fourth-order valence-corrected chi connectivity index (χ4v) is 9.80. The molecule has 3 N–H and O–H groups in total. The molecule has 2 saturated heterocycles. The lowest BCUT2D eigenvalue weighted by atomic mass is 10.1. The molecule has 8 rings (SSSR count). The SMILES string of the molecule is COc1ccc2c(O[C@@H]3C[C@H]4C(=O)N[C@]5(C(=O)NS(=O)(=O)C6CC6)C[C@@H]5/C=C\CCCC(=O)N[C@@H](CC(=O)N5CCCCC5)C(=O)N4C3)cc(-c3ccccc3)nc2c1. The number of carbonyl (C=O) groups is 5. The number of allylic oxidation sites excluding steroid dienone is 1. The van der Waals surface area contributed by atoms with Crippen molar-refractivity contribution in [2.24, 2.45) is 5.92 Å². The van der Waals surface area contributed by atoms with Crippen LogP contribution in [-0.4, -0.2) is 108 Å². The molecule has 5 atom stereocenters. The number of likely N-dealkylation sites (tertiary alicyclic amines) is 1. The second kappa shape index (κ2) is 16.6. The third-order valence-electron chi connectivity index (χ3n) is 12.0. The van der Waals surface area contributed by atoms with Crippen molar-refractivity contribution < 1.29 is 41.9 Å². The number of fused-ring (bicyclic) bond motifs is 3. The normalized spacial score (nSPS) is 27.0. The Balaban J connectivity index is 1.14. The van der Waals surface area contributed by atoms with Gasteiger partial charge in [-0.05, 0) is 63.5 Å². The zero-order chi connectivity index (χ0) is 41.3. The molecule has 3 aliphatic heterocycles. The van der Waals surface area contributed by atoms with Gasteiger partial charge in [-0.3, -0.25) is 28.7 Å². The van der Waals surface area contributed by atoms with Crippen molar-refractivity contribution in [3.8, 4) is 22.8 Å². The van der Waals surface area contributed by atoms with Crippen molar-refractivity contribution in [3.05, 3.63) is 66.7 Å². The summed E-state index contributed by atoms with van der Waals surface area (Å²) in [6.07, 6.45) is 7.28. The van der Waals surface area contributed by atoms with E-state index in [1.54, 1.807) is 30.2 Å². The highest BCUT2D eigenvalue weighted by Crippen LogP contribution is 2.46. The lowest BCUT2D eigenvalue weighted by Crippen LogP contribution is -2.58. The molecule has 2 saturated carbocycles. The number of hydrogen-bond acceptors (Lipinski definition) is 10. The lowest BCUT2D eigenvalue weighted by molar-refractivity contribution is -0.144. The fraction of sp³-hybridized carbons (Fsp3) is 0.488. The number of amides is 5. The smallest absolute Gasteiger partial charge is 0.259 e. The summed E-state index contributed by atoms with van der Waals surface area (Å²) >= 11 is 0. The zero-order valence-corrected chi connectivity index (χ0v) is 33.9. The van der Waals surface area contributed by atoms with Crippen molar-refractivity contribution in [1.29, 1.82) is 0 Å². The first-order chi connectivity index (χ1) is 28.4. The number of nitrogens with zero attached hydrogens (tertiary/aromatic N) is 3. The minimum atomic E-state index is -3.93. The van der Waals surface area contributed by atoms with E-state index in [0.29, 0.717) is 66.9 Å². The molecule has 4 fully saturated rings. The van der Waals surface area contributed by atoms with Crippen LogP contribution in [0.15, 0.2) is 66.7 Å². The van der Waals surface area contributed by atoms with Gasteiger partial charge in [-0.1, -0.05) is 42.5 Å². The van der Waals surface area contributed by atoms with Crippen molar-refractivity contribution in [3.63, 3.8) is 0 Å². The van der Waals surface area contributed by atoms with Gasteiger partial charge in [-0.2, -0.15) is 0 Å². The lowest BCUT2D eigenvalue weighted by Gasteiger charge is -2.31. The van der Waals surface area contributed by atoms with E-state index in [0.717, 1.165) is 24.8 Å². The molecule has 1 aromatic heterocycles. The molecule has 15 nitrogen and oxygen atoms in total. The van der Waals surface area contributed by atoms with Crippen LogP contribution >= 0.6 is 0 Å². The van der Waals surface area contributed by atoms with E-state index in [-0.39, 0.29) is 38.1 Å². The highest BCUT2D eigenvalue weighted by molar-refractivity contribution is 7.91. The van der Waals surface area contributed by atoms with E-state index < -0.39 is 68.5 Å². The first-order valence-electron chi connectivity index (χ1n) is 20.6. The average Bonchev–Trinajstić information content (AvgIpc) is 4.17. The van der Waals surface area contributed by atoms with Gasteiger partial charge in [0, 0.05) is 54.9 Å². The zero-order valence-electron chi connectivity index (χ0n) is 33.1. The Bertz CT molecular complexity index is 2280. The Morgan fingerprint density at radius 3 is 2.53 bits per heavy atom. The summed E-state index contributed by atoms with van der Waals surface area (Å²) < 4.78 is 40.3. The largest absolute Gasteiger partial charge is 0.497 e. The standard InChI is InChI=1S/C43H50N6O9S/c1-57-29-15-18-32-34(21-29)44-33(27-11-5-2-6-12-27)23-37(32)58-30-22-36-40(52)46-43(42(54)47-59(55,56)31-16-17-31)25-28(43)13-7-3-8-14-38(50)45-35(41(53)49(36)26-30)24-39(51)48-19-9-4-10-20-48/h2,5-7,11-13,15,18,21,23,28,30-31,35-36H,3-4,8-10,14,16-17,19-20,22,24-26H2,1H3,(H,45,50)(H,46,52)(H,47,54)/b13-7-/t28-,30+,35-,36-,43+/m0/s1. The van der Waals surface area contributed by atoms with Crippen LogP contribution in [0.5, 0.6) is 11.5 Å². The van der Waals surface area contributed by atoms with Crippen LogP contribution in [0.1, 0.15) is 70.6 Å². The Hall–Kier alpha value is -5.51. The van der Waals surface area contributed by atoms with Gasteiger partial charge in [-0.15, -0.1) is 0 Å². The monoisotopic (exact) mass is 826 g/mol. The maximum atomic E-state index is 14.8. The van der Waals surface area contributed by atoms with Crippen molar-refractivity contribution in [2.45, 2.75) is 99.6 Å².